The van der Waals surface area contributed by atoms with Crippen molar-refractivity contribution in [3.8, 4) is 0 Å². The Balaban J connectivity index is 3.79. The predicted octanol–water partition coefficient (Wildman–Crippen LogP) is 2.17. The van der Waals surface area contributed by atoms with Crippen molar-refractivity contribution in [2.45, 2.75) is 13.8 Å². The highest BCUT2D eigenvalue weighted by atomic mass is 14.7. The van der Waals surface area contributed by atoms with Gasteiger partial charge in [-0.05, 0) is 19.9 Å². The predicted molar refractivity (Wildman–Crippen MR) is 38.1 cm³/mol. The molecule has 0 amide bonds. The first-order chi connectivity index (χ1) is 3.81. The summed E-state index contributed by atoms with van der Waals surface area (Å²) in [6.07, 6.45) is 5.34. The van der Waals surface area contributed by atoms with E-state index in [1.165, 1.54) is 0 Å². The van der Waals surface area contributed by atoms with Crippen molar-refractivity contribution in [2.24, 2.45) is 4.99 Å². The minimum Gasteiger partial charge on any atom is -0.266 e. The molecule has 0 N–H and O–H groups in total. The number of rotatable bonds is 2. The lowest BCUT2D eigenvalue weighted by Gasteiger charge is -1.83. The summed E-state index contributed by atoms with van der Waals surface area (Å²) in [7, 11) is 0. The standard InChI is InChI=1S/C7H11N/c1-4-6-7(3)8-5-2/h4-6H,1H2,2-3H3/b7-6+,8-5-. The number of nitrogens with zero attached hydrogens (tertiary/aromatic N) is 1. The third-order valence-corrected chi connectivity index (χ3v) is 0.692. The van der Waals surface area contributed by atoms with Gasteiger partial charge in [0.15, 0.2) is 0 Å². The first-order valence-corrected chi connectivity index (χ1v) is 2.59. The Morgan fingerprint density at radius 1 is 1.62 bits per heavy atom. The van der Waals surface area contributed by atoms with Crippen LogP contribution in [0.3, 0.4) is 0 Å². The van der Waals surface area contributed by atoms with Gasteiger partial charge in [-0.25, -0.2) is 0 Å². The van der Waals surface area contributed by atoms with Gasteiger partial charge in [0.2, 0.25) is 0 Å². The Morgan fingerprint density at radius 3 is 2.62 bits per heavy atom. The zero-order chi connectivity index (χ0) is 6.41. The molecular weight excluding hydrogens is 98.1 g/mol. The second-order valence-electron chi connectivity index (χ2n) is 1.43. The van der Waals surface area contributed by atoms with Gasteiger partial charge in [0.05, 0.1) is 0 Å². The largest absolute Gasteiger partial charge is 0.266 e. The summed E-state index contributed by atoms with van der Waals surface area (Å²) < 4.78 is 0. The average molecular weight is 109 g/mol. The van der Waals surface area contributed by atoms with Crippen LogP contribution in [0.1, 0.15) is 13.8 Å². The van der Waals surface area contributed by atoms with E-state index in [9.17, 15) is 0 Å². The fraction of sp³-hybridized carbons (Fsp3) is 0.286. The molecule has 0 spiro atoms. The second kappa shape index (κ2) is 4.31. The molecule has 0 aromatic heterocycles. The van der Waals surface area contributed by atoms with Gasteiger partial charge in [-0.2, -0.15) is 0 Å². The van der Waals surface area contributed by atoms with Crippen LogP contribution < -0.4 is 0 Å². The zero-order valence-corrected chi connectivity index (χ0v) is 5.39. The van der Waals surface area contributed by atoms with Crippen LogP contribution in [0.2, 0.25) is 0 Å². The molecule has 0 aliphatic heterocycles. The van der Waals surface area contributed by atoms with E-state index in [1.807, 2.05) is 19.9 Å². The number of hydrogen-bond acceptors (Lipinski definition) is 1. The molecule has 44 valence electrons. The van der Waals surface area contributed by atoms with E-state index in [1.54, 1.807) is 12.3 Å². The quantitative estimate of drug-likeness (QED) is 0.380. The normalized spacial score (nSPS) is 12.5. The van der Waals surface area contributed by atoms with Crippen LogP contribution in [0.5, 0.6) is 0 Å². The number of aliphatic imine (C=N–C) groups is 1. The SMILES string of the molecule is C=C/C=C(C)/N=C\C. The van der Waals surface area contributed by atoms with Crippen molar-refractivity contribution in [1.29, 1.82) is 0 Å². The van der Waals surface area contributed by atoms with E-state index in [4.69, 9.17) is 0 Å². The lowest BCUT2D eigenvalue weighted by atomic mass is 10.4. The third kappa shape index (κ3) is 3.34. The maximum absolute atomic E-state index is 3.98. The van der Waals surface area contributed by atoms with Crippen molar-refractivity contribution in [2.75, 3.05) is 0 Å². The molecule has 0 aromatic rings. The topological polar surface area (TPSA) is 12.4 Å². The molecule has 0 bridgehead atoms. The summed E-state index contributed by atoms with van der Waals surface area (Å²) in [5.74, 6) is 0. The highest BCUT2D eigenvalue weighted by Gasteiger charge is 1.72. The molecule has 0 saturated carbocycles. The molecule has 0 saturated heterocycles. The van der Waals surface area contributed by atoms with Crippen molar-refractivity contribution >= 4 is 6.21 Å². The molecule has 1 nitrogen and oxygen atoms in total. The molecule has 1 heteroatoms. The van der Waals surface area contributed by atoms with E-state index in [0.717, 1.165) is 5.70 Å². The lowest BCUT2D eigenvalue weighted by molar-refractivity contribution is 1.31. The number of allylic oxidation sites excluding steroid dienone is 3. The van der Waals surface area contributed by atoms with Crippen molar-refractivity contribution < 1.29 is 0 Å². The van der Waals surface area contributed by atoms with Crippen LogP contribution in [-0.4, -0.2) is 6.21 Å². The summed E-state index contributed by atoms with van der Waals surface area (Å²) in [4.78, 5) is 3.98. The second-order valence-corrected chi connectivity index (χ2v) is 1.43. The van der Waals surface area contributed by atoms with Gasteiger partial charge in [-0.1, -0.05) is 12.7 Å². The summed E-state index contributed by atoms with van der Waals surface area (Å²) in [6.45, 7) is 7.35. The first kappa shape index (κ1) is 7.15. The molecular formula is C7H11N. The van der Waals surface area contributed by atoms with E-state index < -0.39 is 0 Å². The first-order valence-electron chi connectivity index (χ1n) is 2.59. The summed E-state index contributed by atoms with van der Waals surface area (Å²) in [5.41, 5.74) is 0.988. The van der Waals surface area contributed by atoms with Crippen LogP contribution in [0, 0.1) is 0 Å². The Hall–Kier alpha value is -0.850. The van der Waals surface area contributed by atoms with Gasteiger partial charge in [0.1, 0.15) is 0 Å². The van der Waals surface area contributed by atoms with Crippen LogP contribution in [0.25, 0.3) is 0 Å². The zero-order valence-electron chi connectivity index (χ0n) is 5.39. The van der Waals surface area contributed by atoms with Crippen molar-refractivity contribution in [3.63, 3.8) is 0 Å². The van der Waals surface area contributed by atoms with E-state index in [-0.39, 0.29) is 0 Å². The summed E-state index contributed by atoms with van der Waals surface area (Å²) in [6, 6.07) is 0. The molecule has 0 atom stereocenters. The summed E-state index contributed by atoms with van der Waals surface area (Å²) in [5, 5.41) is 0. The van der Waals surface area contributed by atoms with Crippen molar-refractivity contribution in [1.82, 2.24) is 0 Å². The van der Waals surface area contributed by atoms with Crippen LogP contribution in [0.4, 0.5) is 0 Å². The fourth-order valence-electron chi connectivity index (χ4n) is 0.417. The van der Waals surface area contributed by atoms with Gasteiger partial charge in [0, 0.05) is 11.9 Å². The molecule has 0 aliphatic rings. The molecule has 0 aromatic carbocycles. The van der Waals surface area contributed by atoms with Crippen LogP contribution in [-0.2, 0) is 0 Å². The van der Waals surface area contributed by atoms with E-state index in [0.29, 0.717) is 0 Å². The maximum atomic E-state index is 3.98. The molecule has 0 unspecified atom stereocenters. The monoisotopic (exact) mass is 109 g/mol. The van der Waals surface area contributed by atoms with E-state index in [2.05, 4.69) is 11.6 Å². The molecule has 0 rings (SSSR count). The number of hydrogen-bond donors (Lipinski definition) is 0. The Kier molecular flexibility index (Phi) is 3.85. The Bertz CT molecular complexity index is 120. The van der Waals surface area contributed by atoms with Crippen LogP contribution in [0.15, 0.2) is 29.4 Å². The minimum atomic E-state index is 0.988. The van der Waals surface area contributed by atoms with Gasteiger partial charge in [-0.3, -0.25) is 4.99 Å². The van der Waals surface area contributed by atoms with Crippen LogP contribution >= 0.6 is 0 Å². The average Bonchev–Trinajstić information content (AvgIpc) is 1.68. The maximum Gasteiger partial charge on any atom is 0.0368 e. The molecule has 0 heterocycles. The van der Waals surface area contributed by atoms with Gasteiger partial charge in [0.25, 0.3) is 0 Å². The Morgan fingerprint density at radius 2 is 2.25 bits per heavy atom. The van der Waals surface area contributed by atoms with Gasteiger partial charge < -0.3 is 0 Å². The third-order valence-electron chi connectivity index (χ3n) is 0.692. The smallest absolute Gasteiger partial charge is 0.0368 e. The van der Waals surface area contributed by atoms with Gasteiger partial charge in [-0.15, -0.1) is 0 Å². The summed E-state index contributed by atoms with van der Waals surface area (Å²) >= 11 is 0. The molecule has 0 aliphatic carbocycles. The highest BCUT2D eigenvalue weighted by Crippen LogP contribution is 1.91. The molecule has 8 heavy (non-hydrogen) atoms. The minimum absolute atomic E-state index is 0.988. The lowest BCUT2D eigenvalue weighted by Crippen LogP contribution is -1.65. The Labute approximate surface area is 50.4 Å². The highest BCUT2D eigenvalue weighted by molar-refractivity contribution is 5.55. The van der Waals surface area contributed by atoms with Gasteiger partial charge >= 0.3 is 0 Å². The molecule has 0 fully saturated rings. The van der Waals surface area contributed by atoms with E-state index >= 15 is 0 Å². The molecule has 0 radical (unpaired) electrons. The van der Waals surface area contributed by atoms with Crippen molar-refractivity contribution in [3.05, 3.63) is 24.4 Å². The fourth-order valence-corrected chi connectivity index (χ4v) is 0.417.